The van der Waals surface area contributed by atoms with Crippen LogP contribution in [0.15, 0.2) is 43.0 Å². The summed E-state index contributed by atoms with van der Waals surface area (Å²) in [5.74, 6) is 0.997. The largest absolute Gasteiger partial charge is 0.351 e. The second-order valence-electron chi connectivity index (χ2n) is 7.68. The van der Waals surface area contributed by atoms with Crippen LogP contribution in [0.4, 0.5) is 5.95 Å². The number of carbonyl (C=O) groups excluding carboxylic acids is 1. The number of nitrogens with one attached hydrogen (secondary N) is 2. The van der Waals surface area contributed by atoms with Gasteiger partial charge in [0.15, 0.2) is 0 Å². The van der Waals surface area contributed by atoms with E-state index in [2.05, 4.69) is 25.5 Å². The molecule has 2 aliphatic rings. The maximum absolute atomic E-state index is 12.6. The van der Waals surface area contributed by atoms with Crippen molar-refractivity contribution < 1.29 is 4.79 Å². The zero-order valence-corrected chi connectivity index (χ0v) is 16.1. The monoisotopic (exact) mass is 389 g/mol. The fourth-order valence-electron chi connectivity index (χ4n) is 3.84. The predicted molar refractivity (Wildman–Crippen MR) is 108 cm³/mol. The molecule has 29 heavy (non-hydrogen) atoms. The lowest BCUT2D eigenvalue weighted by Gasteiger charge is -2.32. The number of pyridine rings is 1. The first kappa shape index (κ1) is 17.8. The first-order valence-corrected chi connectivity index (χ1v) is 10.1. The lowest BCUT2D eigenvalue weighted by Crippen LogP contribution is -2.38. The Morgan fingerprint density at radius 2 is 1.86 bits per heavy atom. The molecule has 0 aromatic carbocycles. The molecule has 3 aromatic rings. The van der Waals surface area contributed by atoms with Crippen LogP contribution >= 0.6 is 0 Å². The molecule has 1 saturated carbocycles. The highest BCUT2D eigenvalue weighted by Crippen LogP contribution is 2.35. The van der Waals surface area contributed by atoms with E-state index >= 15 is 0 Å². The average molecular weight is 389 g/mol. The zero-order valence-electron chi connectivity index (χ0n) is 16.1. The third kappa shape index (κ3) is 3.83. The Bertz CT molecular complexity index is 978. The molecule has 3 aromatic heterocycles. The number of hydrogen-bond acceptors (Lipinski definition) is 6. The highest BCUT2D eigenvalue weighted by molar-refractivity contribution is 5.92. The number of likely N-dealkylation sites (tertiary alicyclic amines) is 1. The van der Waals surface area contributed by atoms with Crippen LogP contribution in [0.25, 0.3) is 11.1 Å². The number of H-pyrrole nitrogens is 1. The highest BCUT2D eigenvalue weighted by atomic mass is 16.2. The number of nitrogens with zero attached hydrogens (tertiary/aromatic N) is 5. The van der Waals surface area contributed by atoms with Crippen LogP contribution in [0.5, 0.6) is 0 Å². The smallest absolute Gasteiger partial charge is 0.271 e. The number of aromatic amines is 1. The number of aromatic nitrogens is 5. The van der Waals surface area contributed by atoms with Gasteiger partial charge in [-0.15, -0.1) is 0 Å². The number of amides is 1. The molecular formula is C21H23N7O. The molecule has 8 nitrogen and oxygen atoms in total. The van der Waals surface area contributed by atoms with Gasteiger partial charge in [0.2, 0.25) is 5.95 Å². The van der Waals surface area contributed by atoms with Crippen LogP contribution in [0, 0.1) is 0 Å². The molecule has 5 rings (SSSR count). The van der Waals surface area contributed by atoms with Gasteiger partial charge in [0.1, 0.15) is 5.69 Å². The maximum Gasteiger partial charge on any atom is 0.271 e. The fourth-order valence-corrected chi connectivity index (χ4v) is 3.84. The average Bonchev–Trinajstić information content (AvgIpc) is 3.42. The molecule has 1 aliphatic carbocycles. The van der Waals surface area contributed by atoms with Crippen LogP contribution in [0.2, 0.25) is 0 Å². The van der Waals surface area contributed by atoms with Gasteiger partial charge in [-0.25, -0.2) is 9.97 Å². The van der Waals surface area contributed by atoms with Gasteiger partial charge in [0.05, 0.1) is 5.69 Å². The Morgan fingerprint density at radius 3 is 2.55 bits per heavy atom. The van der Waals surface area contributed by atoms with Gasteiger partial charge in [-0.1, -0.05) is 0 Å². The minimum atomic E-state index is 0.00841. The van der Waals surface area contributed by atoms with Crippen LogP contribution in [-0.4, -0.2) is 55.1 Å². The summed E-state index contributed by atoms with van der Waals surface area (Å²) in [6, 6.07) is 6.21. The van der Waals surface area contributed by atoms with E-state index in [4.69, 9.17) is 4.98 Å². The van der Waals surface area contributed by atoms with Crippen LogP contribution < -0.4 is 5.32 Å². The molecule has 0 bridgehead atoms. The van der Waals surface area contributed by atoms with Gasteiger partial charge in [-0.2, -0.15) is 5.10 Å². The molecule has 8 heteroatoms. The number of carbonyl (C=O) groups is 1. The first-order chi connectivity index (χ1) is 14.3. The van der Waals surface area contributed by atoms with Gasteiger partial charge in [0.25, 0.3) is 5.91 Å². The van der Waals surface area contributed by atoms with Gasteiger partial charge in [-0.05, 0) is 49.4 Å². The van der Waals surface area contributed by atoms with Crippen molar-refractivity contribution in [2.24, 2.45) is 0 Å². The number of rotatable bonds is 5. The van der Waals surface area contributed by atoms with Gasteiger partial charge < -0.3 is 10.2 Å². The van der Waals surface area contributed by atoms with Crippen molar-refractivity contribution in [3.05, 3.63) is 54.4 Å². The summed E-state index contributed by atoms with van der Waals surface area (Å²) in [7, 11) is 0. The molecule has 148 valence electrons. The normalized spacial score (nSPS) is 17.3. The minimum Gasteiger partial charge on any atom is -0.351 e. The van der Waals surface area contributed by atoms with Gasteiger partial charge in [-0.3, -0.25) is 14.9 Å². The van der Waals surface area contributed by atoms with E-state index in [9.17, 15) is 4.79 Å². The zero-order chi connectivity index (χ0) is 19.6. The van der Waals surface area contributed by atoms with E-state index in [1.165, 1.54) is 12.8 Å². The van der Waals surface area contributed by atoms with E-state index < -0.39 is 0 Å². The molecule has 1 aliphatic heterocycles. The Balaban J connectivity index is 1.38. The summed E-state index contributed by atoms with van der Waals surface area (Å²) in [5.41, 5.74) is 3.72. The molecule has 0 radical (unpaired) electrons. The summed E-state index contributed by atoms with van der Waals surface area (Å²) < 4.78 is 0. The number of piperidine rings is 1. The standard InChI is InChI=1S/C21H23N7O/c29-20(18-5-10-24-27-18)28-11-6-15(7-12-28)19-17(14-3-8-22-9-4-14)13-23-21(26-19)25-16-1-2-16/h3-5,8-10,13,15-16H,1-2,6-7,11-12H2,(H,24,27)(H,23,25,26). The van der Waals surface area contributed by atoms with Crippen molar-refractivity contribution in [3.8, 4) is 11.1 Å². The number of anilines is 1. The Hall–Kier alpha value is -3.29. The van der Waals surface area contributed by atoms with Crippen LogP contribution in [0.3, 0.4) is 0 Å². The molecule has 1 amide bonds. The van der Waals surface area contributed by atoms with E-state index in [1.807, 2.05) is 23.2 Å². The maximum atomic E-state index is 12.6. The van der Waals surface area contributed by atoms with E-state index in [-0.39, 0.29) is 11.8 Å². The molecule has 2 N–H and O–H groups in total. The second kappa shape index (κ2) is 7.62. The third-order valence-corrected chi connectivity index (χ3v) is 5.62. The Labute approximate surface area is 168 Å². The van der Waals surface area contributed by atoms with Crippen molar-refractivity contribution in [1.82, 2.24) is 30.0 Å². The topological polar surface area (TPSA) is 99.7 Å². The summed E-state index contributed by atoms with van der Waals surface area (Å²) in [5, 5.41) is 10.1. The summed E-state index contributed by atoms with van der Waals surface area (Å²) in [4.78, 5) is 28.1. The van der Waals surface area contributed by atoms with Crippen molar-refractivity contribution in [2.45, 2.75) is 37.6 Å². The highest BCUT2D eigenvalue weighted by Gasteiger charge is 2.29. The van der Waals surface area contributed by atoms with E-state index in [0.717, 1.165) is 29.7 Å². The van der Waals surface area contributed by atoms with E-state index in [1.54, 1.807) is 24.7 Å². The predicted octanol–water partition coefficient (Wildman–Crippen LogP) is 2.86. The van der Waals surface area contributed by atoms with Crippen LogP contribution in [-0.2, 0) is 0 Å². The molecule has 0 unspecified atom stereocenters. The summed E-state index contributed by atoms with van der Waals surface area (Å²) >= 11 is 0. The SMILES string of the molecule is O=C(c1ccn[nH]1)N1CCC(c2nc(NC3CC3)ncc2-c2ccncc2)CC1. The van der Waals surface area contributed by atoms with Crippen molar-refractivity contribution in [3.63, 3.8) is 0 Å². The lowest BCUT2D eigenvalue weighted by atomic mass is 9.89. The molecule has 1 saturated heterocycles. The fraction of sp³-hybridized carbons (Fsp3) is 0.381. The Kier molecular flexibility index (Phi) is 4.67. The minimum absolute atomic E-state index is 0.00841. The lowest BCUT2D eigenvalue weighted by molar-refractivity contribution is 0.0706. The quantitative estimate of drug-likeness (QED) is 0.696. The third-order valence-electron chi connectivity index (χ3n) is 5.62. The van der Waals surface area contributed by atoms with Gasteiger partial charge in [0, 0.05) is 55.4 Å². The van der Waals surface area contributed by atoms with Crippen molar-refractivity contribution >= 4 is 11.9 Å². The van der Waals surface area contributed by atoms with Crippen LogP contribution in [0.1, 0.15) is 47.8 Å². The Morgan fingerprint density at radius 1 is 1.07 bits per heavy atom. The van der Waals surface area contributed by atoms with Crippen molar-refractivity contribution in [2.75, 3.05) is 18.4 Å². The molecule has 2 fully saturated rings. The summed E-state index contributed by atoms with van der Waals surface area (Å²) in [6.45, 7) is 1.40. The molecule has 4 heterocycles. The summed E-state index contributed by atoms with van der Waals surface area (Å²) in [6.07, 6.45) is 11.2. The molecule has 0 spiro atoms. The van der Waals surface area contributed by atoms with E-state index in [0.29, 0.717) is 30.8 Å². The first-order valence-electron chi connectivity index (χ1n) is 10.1. The molecular weight excluding hydrogens is 366 g/mol. The molecule has 0 atom stereocenters. The number of hydrogen-bond donors (Lipinski definition) is 2. The van der Waals surface area contributed by atoms with Crippen molar-refractivity contribution in [1.29, 1.82) is 0 Å². The second-order valence-corrected chi connectivity index (χ2v) is 7.68. The van der Waals surface area contributed by atoms with Gasteiger partial charge >= 0.3 is 0 Å².